The van der Waals surface area contributed by atoms with Crippen LogP contribution in [0.25, 0.3) is 28.0 Å². The van der Waals surface area contributed by atoms with Crippen molar-refractivity contribution in [3.63, 3.8) is 0 Å². The van der Waals surface area contributed by atoms with E-state index in [0.717, 1.165) is 22.2 Å². The SMILES string of the molecule is Cc1ccc(-n2c3nc(=O)[nH]c(=O)c-3cc3ccccc32)cc1C. The Hall–Kier alpha value is -3.21. The molecule has 118 valence electrons. The summed E-state index contributed by atoms with van der Waals surface area (Å²) in [6.07, 6.45) is 0. The third-order valence-corrected chi connectivity index (χ3v) is 4.35. The monoisotopic (exact) mass is 317 g/mol. The van der Waals surface area contributed by atoms with Crippen molar-refractivity contribution in [3.05, 3.63) is 80.5 Å². The average Bonchev–Trinajstić information content (AvgIpc) is 2.56. The van der Waals surface area contributed by atoms with Crippen LogP contribution < -0.4 is 11.2 Å². The first kappa shape index (κ1) is 14.4. The van der Waals surface area contributed by atoms with Crippen LogP contribution in [0.5, 0.6) is 0 Å². The van der Waals surface area contributed by atoms with Gasteiger partial charge in [0.05, 0.1) is 11.1 Å². The molecular weight excluding hydrogens is 302 g/mol. The number of H-pyrrole nitrogens is 1. The number of nitrogens with one attached hydrogen (secondary N) is 1. The van der Waals surface area contributed by atoms with Crippen molar-refractivity contribution in [1.29, 1.82) is 0 Å². The van der Waals surface area contributed by atoms with Crippen LogP contribution in [0.15, 0.2) is 58.1 Å². The molecule has 0 bridgehead atoms. The predicted molar refractivity (Wildman–Crippen MR) is 94.1 cm³/mol. The number of nitrogens with zero attached hydrogens (tertiary/aromatic N) is 2. The Morgan fingerprint density at radius 2 is 1.75 bits per heavy atom. The maximum Gasteiger partial charge on any atom is 0.349 e. The smallest absolute Gasteiger partial charge is 0.294 e. The molecule has 5 heteroatoms. The topological polar surface area (TPSA) is 67.8 Å². The summed E-state index contributed by atoms with van der Waals surface area (Å²) in [5, 5.41) is 0.911. The molecular formula is C19H15N3O2. The van der Waals surface area contributed by atoms with Crippen LogP contribution in [0.3, 0.4) is 0 Å². The zero-order chi connectivity index (χ0) is 16.8. The van der Waals surface area contributed by atoms with Crippen LogP contribution in [-0.4, -0.2) is 14.5 Å². The first-order chi connectivity index (χ1) is 11.5. The van der Waals surface area contributed by atoms with Crippen LogP contribution in [-0.2, 0) is 0 Å². The maximum absolute atomic E-state index is 12.2. The summed E-state index contributed by atoms with van der Waals surface area (Å²) in [6, 6.07) is 15.5. The Kier molecular flexibility index (Phi) is 3.09. The molecule has 2 aliphatic heterocycles. The quantitative estimate of drug-likeness (QED) is 0.549. The molecule has 5 nitrogen and oxygen atoms in total. The minimum absolute atomic E-state index is 0.366. The molecule has 0 spiro atoms. The minimum atomic E-state index is -0.639. The second-order valence-electron chi connectivity index (χ2n) is 5.92. The van der Waals surface area contributed by atoms with Gasteiger partial charge in [0.2, 0.25) is 0 Å². The van der Waals surface area contributed by atoms with E-state index in [0.29, 0.717) is 11.4 Å². The molecule has 4 rings (SSSR count). The molecule has 0 amide bonds. The average molecular weight is 317 g/mol. The number of rotatable bonds is 1. The number of pyridine rings is 1. The van der Waals surface area contributed by atoms with Gasteiger partial charge in [0.15, 0.2) is 5.82 Å². The van der Waals surface area contributed by atoms with E-state index in [4.69, 9.17) is 0 Å². The number of aryl methyl sites for hydroxylation is 2. The van der Waals surface area contributed by atoms with Gasteiger partial charge in [-0.1, -0.05) is 24.3 Å². The van der Waals surface area contributed by atoms with Crippen molar-refractivity contribution in [3.8, 4) is 17.1 Å². The van der Waals surface area contributed by atoms with Crippen LogP contribution in [0.2, 0.25) is 0 Å². The molecule has 0 atom stereocenters. The van der Waals surface area contributed by atoms with Crippen molar-refractivity contribution in [1.82, 2.24) is 14.5 Å². The molecule has 0 radical (unpaired) electrons. The Balaban J connectivity index is 2.23. The highest BCUT2D eigenvalue weighted by Gasteiger charge is 2.17. The van der Waals surface area contributed by atoms with E-state index in [1.165, 1.54) is 5.56 Å². The zero-order valence-corrected chi connectivity index (χ0v) is 13.3. The Morgan fingerprint density at radius 3 is 2.54 bits per heavy atom. The Labute approximate surface area is 137 Å². The summed E-state index contributed by atoms with van der Waals surface area (Å²) in [4.78, 5) is 30.3. The lowest BCUT2D eigenvalue weighted by Gasteiger charge is -2.18. The predicted octanol–water partition coefficient (Wildman–Crippen LogP) is 2.80. The Bertz CT molecular complexity index is 1170. The third kappa shape index (κ3) is 2.13. The number of aromatic amines is 1. The van der Waals surface area contributed by atoms with Crippen LogP contribution in [0.4, 0.5) is 0 Å². The first-order valence-corrected chi connectivity index (χ1v) is 7.67. The molecule has 2 aromatic rings. The van der Waals surface area contributed by atoms with Gasteiger partial charge < -0.3 is 0 Å². The van der Waals surface area contributed by atoms with Crippen molar-refractivity contribution in [2.45, 2.75) is 13.8 Å². The molecule has 1 N–H and O–H groups in total. The van der Waals surface area contributed by atoms with Gasteiger partial charge >= 0.3 is 5.69 Å². The standard InChI is InChI=1S/C19H15N3O2/c1-11-7-8-14(9-12(11)2)22-16-6-4-3-5-13(16)10-15-17(22)20-19(24)21-18(15)23/h3-10H,1-2H3,(H,21,23,24). The molecule has 0 unspecified atom stereocenters. The molecule has 0 aliphatic carbocycles. The van der Waals surface area contributed by atoms with Crippen LogP contribution >= 0.6 is 0 Å². The van der Waals surface area contributed by atoms with E-state index in [1.54, 1.807) is 6.07 Å². The second-order valence-corrected chi connectivity index (χ2v) is 5.92. The van der Waals surface area contributed by atoms with Crippen molar-refractivity contribution in [2.24, 2.45) is 0 Å². The minimum Gasteiger partial charge on any atom is -0.294 e. The van der Waals surface area contributed by atoms with E-state index < -0.39 is 11.2 Å². The van der Waals surface area contributed by atoms with E-state index in [-0.39, 0.29) is 0 Å². The van der Waals surface area contributed by atoms with Gasteiger partial charge in [-0.25, -0.2) is 4.79 Å². The highest BCUT2D eigenvalue weighted by molar-refractivity contribution is 5.87. The number of fused-ring (bicyclic) bond motifs is 2. The molecule has 2 aliphatic rings. The molecule has 0 saturated heterocycles. The van der Waals surface area contributed by atoms with Gasteiger partial charge in [-0.05, 0) is 54.6 Å². The third-order valence-electron chi connectivity index (χ3n) is 4.35. The second kappa shape index (κ2) is 5.16. The molecule has 2 heterocycles. The van der Waals surface area contributed by atoms with E-state index >= 15 is 0 Å². The van der Waals surface area contributed by atoms with Crippen molar-refractivity contribution >= 4 is 10.9 Å². The number of hydrogen-bond acceptors (Lipinski definition) is 3. The fourth-order valence-corrected chi connectivity index (χ4v) is 2.96. The normalized spacial score (nSPS) is 11.2. The van der Waals surface area contributed by atoms with E-state index in [1.807, 2.05) is 60.9 Å². The summed E-state index contributed by atoms with van der Waals surface area (Å²) < 4.78 is 1.87. The maximum atomic E-state index is 12.2. The van der Waals surface area contributed by atoms with Crippen LogP contribution in [0, 0.1) is 13.8 Å². The lowest BCUT2D eigenvalue weighted by atomic mass is 10.1. The van der Waals surface area contributed by atoms with Gasteiger partial charge in [-0.15, -0.1) is 0 Å². The molecule has 0 saturated carbocycles. The zero-order valence-electron chi connectivity index (χ0n) is 13.3. The molecule has 24 heavy (non-hydrogen) atoms. The summed E-state index contributed by atoms with van der Waals surface area (Å²) >= 11 is 0. The van der Waals surface area contributed by atoms with Gasteiger partial charge in [-0.2, -0.15) is 4.98 Å². The lowest BCUT2D eigenvalue weighted by molar-refractivity contribution is 0.958. The number of para-hydroxylation sites is 1. The summed E-state index contributed by atoms with van der Waals surface area (Å²) in [5.74, 6) is 0.366. The fourth-order valence-electron chi connectivity index (χ4n) is 2.96. The van der Waals surface area contributed by atoms with Gasteiger partial charge in [0.25, 0.3) is 5.56 Å². The fraction of sp³-hybridized carbons (Fsp3) is 0.105. The summed E-state index contributed by atoms with van der Waals surface area (Å²) in [5.41, 5.74) is 3.41. The van der Waals surface area contributed by atoms with Gasteiger partial charge in [-0.3, -0.25) is 14.3 Å². The van der Waals surface area contributed by atoms with E-state index in [2.05, 4.69) is 9.97 Å². The molecule has 0 aromatic heterocycles. The summed E-state index contributed by atoms with van der Waals surface area (Å²) in [7, 11) is 0. The molecule has 2 aromatic carbocycles. The summed E-state index contributed by atoms with van der Waals surface area (Å²) in [6.45, 7) is 4.08. The highest BCUT2D eigenvalue weighted by atomic mass is 16.2. The van der Waals surface area contributed by atoms with Crippen LogP contribution in [0.1, 0.15) is 11.1 Å². The van der Waals surface area contributed by atoms with Crippen molar-refractivity contribution in [2.75, 3.05) is 0 Å². The number of aromatic nitrogens is 3. The van der Waals surface area contributed by atoms with Crippen molar-refractivity contribution < 1.29 is 0 Å². The first-order valence-electron chi connectivity index (χ1n) is 7.67. The van der Waals surface area contributed by atoms with E-state index in [9.17, 15) is 9.59 Å². The lowest BCUT2D eigenvalue weighted by Crippen LogP contribution is -2.27. The van der Waals surface area contributed by atoms with Gasteiger partial charge in [0, 0.05) is 5.69 Å². The Morgan fingerprint density at radius 1 is 0.958 bits per heavy atom. The number of benzene rings is 2. The highest BCUT2D eigenvalue weighted by Crippen LogP contribution is 2.28. The number of hydrogen-bond donors (Lipinski definition) is 1. The van der Waals surface area contributed by atoms with Gasteiger partial charge in [0.1, 0.15) is 0 Å². The molecule has 0 fully saturated rings. The largest absolute Gasteiger partial charge is 0.349 e.